The molecule has 0 saturated carbocycles. The van der Waals surface area contributed by atoms with Gasteiger partial charge in [-0.05, 0) is 47.6 Å². The first-order chi connectivity index (χ1) is 12.2. The van der Waals surface area contributed by atoms with Crippen LogP contribution in [0.1, 0.15) is 43.9 Å². The van der Waals surface area contributed by atoms with Crippen molar-refractivity contribution in [3.05, 3.63) is 65.4 Å². The number of hydrogen-bond donors (Lipinski definition) is 1. The summed E-state index contributed by atoms with van der Waals surface area (Å²) in [6.45, 7) is 8.73. The molecule has 0 aliphatic carbocycles. The van der Waals surface area contributed by atoms with Gasteiger partial charge in [0.05, 0.1) is 5.52 Å². The number of carbonyl (C=O) groups excluding carboxylic acids is 1. The van der Waals surface area contributed by atoms with Gasteiger partial charge in [-0.1, -0.05) is 51.1 Å². The number of nitrogens with zero attached hydrogens (tertiary/aromatic N) is 1. The molecule has 2 aromatic carbocycles. The molecule has 0 fully saturated rings. The normalized spacial score (nSPS) is 11.7. The maximum Gasteiger partial charge on any atom is 0.224 e. The molecule has 1 aromatic heterocycles. The lowest BCUT2D eigenvalue weighted by molar-refractivity contribution is -0.116. The zero-order valence-corrected chi connectivity index (χ0v) is 16.4. The molecule has 3 nitrogen and oxygen atoms in total. The summed E-state index contributed by atoms with van der Waals surface area (Å²) in [7, 11) is 2.03. The lowest BCUT2D eigenvalue weighted by atomic mass is 9.86. The Labute approximate surface area is 156 Å². The van der Waals surface area contributed by atoms with Gasteiger partial charge < -0.3 is 9.88 Å². The number of hydrogen-bond acceptors (Lipinski definition) is 1. The van der Waals surface area contributed by atoms with Gasteiger partial charge >= 0.3 is 0 Å². The molecule has 3 aromatic rings. The average Bonchev–Trinajstić information content (AvgIpc) is 2.86. The highest BCUT2D eigenvalue weighted by molar-refractivity contribution is 5.94. The second kappa shape index (κ2) is 6.99. The van der Waals surface area contributed by atoms with Gasteiger partial charge in [-0.2, -0.15) is 0 Å². The third-order valence-corrected chi connectivity index (χ3v) is 4.93. The standard InChI is InChI=1S/C23H28N2O/c1-16-15-25(5)21-14-19(11-12-20(16)21)24-22(26)13-8-17-6-9-18(10-7-17)23(2,3)4/h6-7,9-12,14-15H,8,13H2,1-5H3,(H,24,26). The highest BCUT2D eigenvalue weighted by Crippen LogP contribution is 2.24. The molecule has 0 bridgehead atoms. The van der Waals surface area contributed by atoms with Crippen LogP contribution >= 0.6 is 0 Å². The van der Waals surface area contributed by atoms with Crippen LogP contribution in [0.25, 0.3) is 10.9 Å². The predicted molar refractivity (Wildman–Crippen MR) is 110 cm³/mol. The molecule has 0 atom stereocenters. The van der Waals surface area contributed by atoms with E-state index < -0.39 is 0 Å². The van der Waals surface area contributed by atoms with E-state index in [2.05, 4.69) is 74.1 Å². The Morgan fingerprint density at radius 2 is 1.77 bits per heavy atom. The lowest BCUT2D eigenvalue weighted by Gasteiger charge is -2.19. The number of rotatable bonds is 4. The van der Waals surface area contributed by atoms with E-state index in [0.29, 0.717) is 6.42 Å². The summed E-state index contributed by atoms with van der Waals surface area (Å²) >= 11 is 0. The zero-order chi connectivity index (χ0) is 18.9. The first-order valence-electron chi connectivity index (χ1n) is 9.19. The van der Waals surface area contributed by atoms with Crippen LogP contribution in [0.4, 0.5) is 5.69 Å². The molecule has 0 saturated heterocycles. The van der Waals surface area contributed by atoms with Crippen molar-refractivity contribution < 1.29 is 4.79 Å². The fraction of sp³-hybridized carbons (Fsp3) is 0.348. The topological polar surface area (TPSA) is 34.0 Å². The van der Waals surface area contributed by atoms with Gasteiger partial charge in [-0.25, -0.2) is 0 Å². The number of nitrogens with one attached hydrogen (secondary N) is 1. The van der Waals surface area contributed by atoms with Crippen molar-refractivity contribution in [2.45, 2.75) is 46.0 Å². The fourth-order valence-electron chi connectivity index (χ4n) is 3.32. The quantitative estimate of drug-likeness (QED) is 0.677. The minimum atomic E-state index is 0.0511. The van der Waals surface area contributed by atoms with Crippen molar-refractivity contribution in [1.82, 2.24) is 4.57 Å². The maximum atomic E-state index is 12.3. The van der Waals surface area contributed by atoms with Gasteiger partial charge in [0.15, 0.2) is 0 Å². The highest BCUT2D eigenvalue weighted by Gasteiger charge is 2.13. The molecule has 3 rings (SSSR count). The zero-order valence-electron chi connectivity index (χ0n) is 16.4. The van der Waals surface area contributed by atoms with Crippen molar-refractivity contribution in [3.8, 4) is 0 Å². The number of amides is 1. The molecule has 0 aliphatic heterocycles. The maximum absolute atomic E-state index is 12.3. The van der Waals surface area contributed by atoms with Crippen LogP contribution in [0.5, 0.6) is 0 Å². The van der Waals surface area contributed by atoms with Crippen LogP contribution in [-0.4, -0.2) is 10.5 Å². The summed E-state index contributed by atoms with van der Waals surface area (Å²) in [5.41, 5.74) is 5.91. The minimum Gasteiger partial charge on any atom is -0.350 e. The van der Waals surface area contributed by atoms with Crippen molar-refractivity contribution in [2.75, 3.05) is 5.32 Å². The molecule has 0 aliphatic rings. The summed E-state index contributed by atoms with van der Waals surface area (Å²) in [5, 5.41) is 4.25. The summed E-state index contributed by atoms with van der Waals surface area (Å²) in [6, 6.07) is 14.7. The Morgan fingerprint density at radius 3 is 2.42 bits per heavy atom. The van der Waals surface area contributed by atoms with E-state index in [1.165, 1.54) is 22.1 Å². The second-order valence-electron chi connectivity index (χ2n) is 8.15. The lowest BCUT2D eigenvalue weighted by Crippen LogP contribution is -2.13. The Morgan fingerprint density at radius 1 is 1.08 bits per heavy atom. The molecule has 0 spiro atoms. The number of anilines is 1. The first-order valence-corrected chi connectivity index (χ1v) is 9.19. The van der Waals surface area contributed by atoms with Crippen LogP contribution in [0.15, 0.2) is 48.7 Å². The Hall–Kier alpha value is -2.55. The number of aromatic nitrogens is 1. The highest BCUT2D eigenvalue weighted by atomic mass is 16.1. The molecule has 0 unspecified atom stereocenters. The smallest absolute Gasteiger partial charge is 0.224 e. The summed E-state index contributed by atoms with van der Waals surface area (Å²) in [5.74, 6) is 0.0511. The van der Waals surface area contributed by atoms with Crippen LogP contribution < -0.4 is 5.32 Å². The van der Waals surface area contributed by atoms with Crippen molar-refractivity contribution in [2.24, 2.45) is 7.05 Å². The minimum absolute atomic E-state index is 0.0511. The van der Waals surface area contributed by atoms with E-state index in [4.69, 9.17) is 0 Å². The molecule has 26 heavy (non-hydrogen) atoms. The first kappa shape index (κ1) is 18.2. The van der Waals surface area contributed by atoms with Gasteiger partial charge in [-0.3, -0.25) is 4.79 Å². The van der Waals surface area contributed by atoms with Gasteiger partial charge in [-0.15, -0.1) is 0 Å². The molecule has 3 heteroatoms. The number of aryl methyl sites for hydroxylation is 3. The molecule has 0 radical (unpaired) electrons. The van der Waals surface area contributed by atoms with Crippen LogP contribution in [0.2, 0.25) is 0 Å². The molecule has 1 N–H and O–H groups in total. The third-order valence-electron chi connectivity index (χ3n) is 4.93. The van der Waals surface area contributed by atoms with Gasteiger partial charge in [0.1, 0.15) is 0 Å². The Balaban J connectivity index is 1.61. The fourth-order valence-corrected chi connectivity index (χ4v) is 3.32. The van der Waals surface area contributed by atoms with Crippen molar-refractivity contribution >= 4 is 22.5 Å². The molecular weight excluding hydrogens is 320 g/mol. The number of fused-ring (bicyclic) bond motifs is 1. The number of benzene rings is 2. The van der Waals surface area contributed by atoms with Crippen molar-refractivity contribution in [3.63, 3.8) is 0 Å². The third kappa shape index (κ3) is 3.98. The van der Waals surface area contributed by atoms with E-state index in [0.717, 1.165) is 17.6 Å². The summed E-state index contributed by atoms with van der Waals surface area (Å²) < 4.78 is 2.09. The predicted octanol–water partition coefficient (Wildman–Crippen LogP) is 5.36. The monoisotopic (exact) mass is 348 g/mol. The van der Waals surface area contributed by atoms with Crippen LogP contribution in [-0.2, 0) is 23.7 Å². The Kier molecular flexibility index (Phi) is 4.90. The summed E-state index contributed by atoms with van der Waals surface area (Å²) in [4.78, 5) is 12.3. The van der Waals surface area contributed by atoms with Crippen molar-refractivity contribution in [1.29, 1.82) is 0 Å². The van der Waals surface area contributed by atoms with E-state index >= 15 is 0 Å². The molecular formula is C23H28N2O. The van der Waals surface area contributed by atoms with Gasteiger partial charge in [0.25, 0.3) is 0 Å². The van der Waals surface area contributed by atoms with E-state index in [1.807, 2.05) is 19.2 Å². The van der Waals surface area contributed by atoms with Crippen LogP contribution in [0.3, 0.4) is 0 Å². The van der Waals surface area contributed by atoms with E-state index in [1.54, 1.807) is 0 Å². The number of carbonyl (C=O) groups is 1. The molecule has 1 amide bonds. The van der Waals surface area contributed by atoms with Gasteiger partial charge in [0, 0.05) is 30.7 Å². The van der Waals surface area contributed by atoms with E-state index in [9.17, 15) is 4.79 Å². The second-order valence-corrected chi connectivity index (χ2v) is 8.15. The largest absolute Gasteiger partial charge is 0.350 e. The SMILES string of the molecule is Cc1cn(C)c2cc(NC(=O)CCc3ccc(C(C)(C)C)cc3)ccc12. The Bertz CT molecular complexity index is 927. The molecule has 136 valence electrons. The van der Waals surface area contributed by atoms with Gasteiger partial charge in [0.2, 0.25) is 5.91 Å². The molecule has 1 heterocycles. The average molecular weight is 348 g/mol. The summed E-state index contributed by atoms with van der Waals surface area (Å²) in [6.07, 6.45) is 3.35. The van der Waals surface area contributed by atoms with E-state index in [-0.39, 0.29) is 11.3 Å². The van der Waals surface area contributed by atoms with Crippen LogP contribution in [0, 0.1) is 6.92 Å².